The molecule has 0 bridgehead atoms. The quantitative estimate of drug-likeness (QED) is 0.852. The van der Waals surface area contributed by atoms with Gasteiger partial charge in [0.1, 0.15) is 0 Å². The van der Waals surface area contributed by atoms with Crippen molar-refractivity contribution < 1.29 is 4.79 Å². The van der Waals surface area contributed by atoms with Crippen molar-refractivity contribution in [2.24, 2.45) is 5.92 Å². The van der Waals surface area contributed by atoms with Gasteiger partial charge in [0.05, 0.1) is 0 Å². The molecule has 2 atom stereocenters. The van der Waals surface area contributed by atoms with Crippen LogP contribution in [0.3, 0.4) is 0 Å². The summed E-state index contributed by atoms with van der Waals surface area (Å²) >= 11 is 0. The summed E-state index contributed by atoms with van der Waals surface area (Å²) in [5.41, 5.74) is 2.89. The molecule has 0 aromatic heterocycles. The topological polar surface area (TPSA) is 41.1 Å². The van der Waals surface area contributed by atoms with Gasteiger partial charge in [0.2, 0.25) is 0 Å². The Balaban J connectivity index is 1.38. The van der Waals surface area contributed by atoms with Gasteiger partial charge in [0, 0.05) is 23.2 Å². The maximum Gasteiger partial charge on any atom is 0.255 e. The van der Waals surface area contributed by atoms with Crippen molar-refractivity contribution in [3.63, 3.8) is 0 Å². The molecule has 2 aliphatic carbocycles. The predicted octanol–water partition coefficient (Wildman–Crippen LogP) is 3.79. The summed E-state index contributed by atoms with van der Waals surface area (Å²) in [4.78, 5) is 12.2. The number of hydrogen-bond donors (Lipinski definition) is 2. The molecule has 2 fully saturated rings. The molecule has 2 aromatic rings. The zero-order valence-corrected chi connectivity index (χ0v) is 13.2. The fourth-order valence-corrected chi connectivity index (χ4v) is 3.07. The van der Waals surface area contributed by atoms with Crippen LogP contribution in [0.25, 0.3) is 0 Å². The van der Waals surface area contributed by atoms with Crippen molar-refractivity contribution in [1.29, 1.82) is 0 Å². The molecule has 0 spiro atoms. The third-order valence-corrected chi connectivity index (χ3v) is 4.76. The zero-order valence-electron chi connectivity index (χ0n) is 13.2. The van der Waals surface area contributed by atoms with Crippen LogP contribution in [0.1, 0.15) is 41.1 Å². The molecule has 2 aliphatic rings. The van der Waals surface area contributed by atoms with Gasteiger partial charge in [0.15, 0.2) is 0 Å². The lowest BCUT2D eigenvalue weighted by Crippen LogP contribution is -2.20. The Kier molecular flexibility index (Phi) is 3.88. The highest BCUT2D eigenvalue weighted by Crippen LogP contribution is 2.42. The number of hydrogen-bond acceptors (Lipinski definition) is 2. The molecule has 2 aromatic carbocycles. The van der Waals surface area contributed by atoms with E-state index in [1.54, 1.807) is 0 Å². The third-order valence-electron chi connectivity index (χ3n) is 4.76. The second-order valence-electron chi connectivity index (χ2n) is 6.75. The molecule has 2 saturated carbocycles. The molecule has 3 heteroatoms. The van der Waals surface area contributed by atoms with Gasteiger partial charge in [-0.1, -0.05) is 30.3 Å². The maximum absolute atomic E-state index is 12.2. The zero-order chi connectivity index (χ0) is 15.6. The van der Waals surface area contributed by atoms with Gasteiger partial charge < -0.3 is 10.6 Å². The van der Waals surface area contributed by atoms with E-state index in [0.29, 0.717) is 17.5 Å². The Morgan fingerprint density at radius 1 is 1.04 bits per heavy atom. The highest BCUT2D eigenvalue weighted by Gasteiger charge is 2.39. The number of amides is 1. The average Bonchev–Trinajstić information content (AvgIpc) is 3.48. The molecule has 0 radical (unpaired) electrons. The second kappa shape index (κ2) is 6.17. The number of nitrogens with one attached hydrogen (secondary N) is 2. The maximum atomic E-state index is 12.2. The van der Waals surface area contributed by atoms with Gasteiger partial charge in [0.25, 0.3) is 5.91 Å². The number of rotatable bonds is 6. The molecule has 0 aliphatic heterocycles. The van der Waals surface area contributed by atoms with E-state index < -0.39 is 0 Å². The summed E-state index contributed by atoms with van der Waals surface area (Å²) in [7, 11) is 0. The number of anilines is 1. The Bertz CT molecular complexity index is 694. The van der Waals surface area contributed by atoms with Crippen molar-refractivity contribution >= 4 is 11.6 Å². The van der Waals surface area contributed by atoms with Gasteiger partial charge >= 0.3 is 0 Å². The minimum Gasteiger partial charge on any atom is -0.322 e. The van der Waals surface area contributed by atoms with Crippen molar-refractivity contribution in [3.8, 4) is 0 Å². The number of carbonyl (C=O) groups excluding carboxylic acids is 1. The van der Waals surface area contributed by atoms with Crippen LogP contribution < -0.4 is 10.6 Å². The van der Waals surface area contributed by atoms with Crippen molar-refractivity contribution in [2.45, 2.75) is 31.2 Å². The van der Waals surface area contributed by atoms with Gasteiger partial charge in [-0.25, -0.2) is 0 Å². The summed E-state index contributed by atoms with van der Waals surface area (Å²) in [6.07, 6.45) is 4.00. The molecular weight excluding hydrogens is 284 g/mol. The first kappa shape index (κ1) is 14.5. The summed E-state index contributed by atoms with van der Waals surface area (Å²) < 4.78 is 0. The van der Waals surface area contributed by atoms with Crippen LogP contribution in [0.4, 0.5) is 5.69 Å². The monoisotopic (exact) mass is 306 g/mol. The van der Waals surface area contributed by atoms with E-state index in [-0.39, 0.29) is 5.91 Å². The van der Waals surface area contributed by atoms with Gasteiger partial charge in [-0.3, -0.25) is 4.79 Å². The predicted molar refractivity (Wildman–Crippen MR) is 92.7 cm³/mol. The molecule has 0 saturated heterocycles. The average molecular weight is 306 g/mol. The van der Waals surface area contributed by atoms with E-state index >= 15 is 0 Å². The van der Waals surface area contributed by atoms with Crippen molar-refractivity contribution in [1.82, 2.24) is 5.32 Å². The van der Waals surface area contributed by atoms with Crippen molar-refractivity contribution in [2.75, 3.05) is 11.9 Å². The summed E-state index contributed by atoms with van der Waals surface area (Å²) in [6, 6.07) is 18.2. The SMILES string of the molecule is O=C(Nc1cccc([C@@H]2C[C@H]2NCC2CC2)c1)c1ccccc1. The molecule has 4 rings (SSSR count). The van der Waals surface area contributed by atoms with Crippen LogP contribution in [0.2, 0.25) is 0 Å². The minimum absolute atomic E-state index is 0.0537. The van der Waals surface area contributed by atoms with Crippen molar-refractivity contribution in [3.05, 3.63) is 65.7 Å². The number of carbonyl (C=O) groups is 1. The van der Waals surface area contributed by atoms with Crippen LogP contribution in [-0.4, -0.2) is 18.5 Å². The first-order valence-corrected chi connectivity index (χ1v) is 8.49. The van der Waals surface area contributed by atoms with Crippen LogP contribution in [0.5, 0.6) is 0 Å². The van der Waals surface area contributed by atoms with Gasteiger partial charge in [-0.2, -0.15) is 0 Å². The molecule has 0 unspecified atom stereocenters. The van der Waals surface area contributed by atoms with E-state index in [0.717, 1.165) is 11.6 Å². The number of benzene rings is 2. The Labute approximate surface area is 137 Å². The lowest BCUT2D eigenvalue weighted by molar-refractivity contribution is 0.102. The first-order chi connectivity index (χ1) is 11.3. The molecule has 118 valence electrons. The largest absolute Gasteiger partial charge is 0.322 e. The molecule has 0 heterocycles. The molecule has 3 nitrogen and oxygen atoms in total. The lowest BCUT2D eigenvalue weighted by Gasteiger charge is -2.08. The Morgan fingerprint density at radius 2 is 1.87 bits per heavy atom. The van der Waals surface area contributed by atoms with E-state index in [9.17, 15) is 4.79 Å². The highest BCUT2D eigenvalue weighted by molar-refractivity contribution is 6.04. The Hall–Kier alpha value is -2.13. The third kappa shape index (κ3) is 3.62. The fraction of sp³-hybridized carbons (Fsp3) is 0.350. The molecule has 23 heavy (non-hydrogen) atoms. The smallest absolute Gasteiger partial charge is 0.255 e. The highest BCUT2D eigenvalue weighted by atomic mass is 16.1. The molecular formula is C20H22N2O. The van der Waals surface area contributed by atoms with Crippen LogP contribution in [-0.2, 0) is 0 Å². The second-order valence-corrected chi connectivity index (χ2v) is 6.75. The standard InChI is InChI=1S/C20H22N2O/c23-20(15-5-2-1-3-6-15)22-17-8-4-7-16(11-17)18-12-19(18)21-13-14-9-10-14/h1-8,11,14,18-19,21H,9-10,12-13H2,(H,22,23)/t18-,19+/m0/s1. The van der Waals surface area contributed by atoms with Crippen LogP contribution in [0.15, 0.2) is 54.6 Å². The summed E-state index contributed by atoms with van der Waals surface area (Å²) in [5.74, 6) is 1.47. The summed E-state index contributed by atoms with van der Waals surface area (Å²) in [5, 5.41) is 6.66. The van der Waals surface area contributed by atoms with E-state index in [2.05, 4.69) is 22.8 Å². The Morgan fingerprint density at radius 3 is 2.65 bits per heavy atom. The van der Waals surface area contributed by atoms with Crippen LogP contribution in [0, 0.1) is 5.92 Å². The normalized spacial score (nSPS) is 22.6. The van der Waals surface area contributed by atoms with E-state index in [4.69, 9.17) is 0 Å². The van der Waals surface area contributed by atoms with Crippen LogP contribution >= 0.6 is 0 Å². The first-order valence-electron chi connectivity index (χ1n) is 8.49. The van der Waals surface area contributed by atoms with Gasteiger partial charge in [-0.15, -0.1) is 0 Å². The fourth-order valence-electron chi connectivity index (χ4n) is 3.07. The molecule has 2 N–H and O–H groups in total. The van der Waals surface area contributed by atoms with E-state index in [1.807, 2.05) is 42.5 Å². The summed E-state index contributed by atoms with van der Waals surface area (Å²) in [6.45, 7) is 1.17. The van der Waals surface area contributed by atoms with Gasteiger partial charge in [-0.05, 0) is 61.6 Å². The van der Waals surface area contributed by atoms with E-state index in [1.165, 1.54) is 31.4 Å². The molecule has 1 amide bonds. The minimum atomic E-state index is -0.0537. The lowest BCUT2D eigenvalue weighted by atomic mass is 10.1.